The molecule has 2 heterocycles. The first-order valence-electron chi connectivity index (χ1n) is 11.1. The van der Waals surface area contributed by atoms with E-state index in [0.29, 0.717) is 51.0 Å². The number of alkyl halides is 3. The number of halogens is 3. The summed E-state index contributed by atoms with van der Waals surface area (Å²) in [6, 6.07) is 5.18. The topological polar surface area (TPSA) is 76.4 Å². The zero-order valence-electron chi connectivity index (χ0n) is 18.0. The predicted molar refractivity (Wildman–Crippen MR) is 112 cm³/mol. The number of amides is 2. The van der Waals surface area contributed by atoms with Gasteiger partial charge in [-0.25, -0.2) is 0 Å². The average Bonchev–Trinajstić information content (AvgIpc) is 3.51. The zero-order chi connectivity index (χ0) is 23.1. The number of piperidine rings is 1. The second-order valence-electron chi connectivity index (χ2n) is 9.20. The molecular formula is C23H27F3N4O2. The molecule has 1 aromatic rings. The minimum atomic E-state index is -4.59. The number of benzene rings is 1. The lowest BCUT2D eigenvalue weighted by Crippen LogP contribution is -2.46. The van der Waals surface area contributed by atoms with Gasteiger partial charge in [0.05, 0.1) is 17.2 Å². The Labute approximate surface area is 185 Å². The highest BCUT2D eigenvalue weighted by atomic mass is 19.4. The highest BCUT2D eigenvalue weighted by Gasteiger charge is 2.50. The van der Waals surface area contributed by atoms with Crippen LogP contribution in [0.3, 0.4) is 0 Å². The van der Waals surface area contributed by atoms with Crippen LogP contribution < -0.4 is 10.2 Å². The Hall–Kier alpha value is -2.76. The molecule has 1 saturated carbocycles. The van der Waals surface area contributed by atoms with Crippen LogP contribution in [0.25, 0.3) is 0 Å². The molecule has 1 N–H and O–H groups in total. The number of carbonyl (C=O) groups excluding carboxylic acids is 2. The fraction of sp³-hybridized carbons (Fsp3) is 0.609. The minimum Gasteiger partial charge on any atom is -0.371 e. The fourth-order valence-corrected chi connectivity index (χ4v) is 4.94. The molecule has 1 atom stereocenters. The average molecular weight is 448 g/mol. The monoisotopic (exact) mass is 448 g/mol. The van der Waals surface area contributed by atoms with E-state index in [0.717, 1.165) is 18.9 Å². The minimum absolute atomic E-state index is 0.0397. The molecule has 1 aliphatic carbocycles. The Morgan fingerprint density at radius 2 is 1.94 bits per heavy atom. The number of nitrogens with one attached hydrogen (secondary N) is 1. The van der Waals surface area contributed by atoms with Crippen molar-refractivity contribution in [1.29, 1.82) is 5.26 Å². The van der Waals surface area contributed by atoms with E-state index < -0.39 is 17.8 Å². The Kier molecular flexibility index (Phi) is 5.82. The Bertz CT molecular complexity index is 944. The van der Waals surface area contributed by atoms with Gasteiger partial charge in [0.25, 0.3) is 0 Å². The van der Waals surface area contributed by atoms with Crippen molar-refractivity contribution >= 4 is 17.5 Å². The lowest BCUT2D eigenvalue weighted by molar-refractivity contribution is -0.138. The molecule has 6 nitrogen and oxygen atoms in total. The van der Waals surface area contributed by atoms with Gasteiger partial charge in [-0.3, -0.25) is 9.59 Å². The molecule has 1 aromatic carbocycles. The van der Waals surface area contributed by atoms with Gasteiger partial charge in [-0.15, -0.1) is 0 Å². The van der Waals surface area contributed by atoms with Crippen molar-refractivity contribution in [3.8, 4) is 6.07 Å². The third-order valence-corrected chi connectivity index (χ3v) is 6.98. The van der Waals surface area contributed by atoms with E-state index in [9.17, 15) is 22.8 Å². The predicted octanol–water partition coefficient (Wildman–Crippen LogP) is 3.45. The van der Waals surface area contributed by atoms with Crippen molar-refractivity contribution in [1.82, 2.24) is 10.2 Å². The van der Waals surface area contributed by atoms with Crippen LogP contribution >= 0.6 is 0 Å². The summed E-state index contributed by atoms with van der Waals surface area (Å²) in [7, 11) is 0. The van der Waals surface area contributed by atoms with E-state index in [1.807, 2.05) is 4.90 Å². The summed E-state index contributed by atoms with van der Waals surface area (Å²) in [5.41, 5.74) is -1.07. The quantitative estimate of drug-likeness (QED) is 0.766. The van der Waals surface area contributed by atoms with Crippen molar-refractivity contribution in [3.05, 3.63) is 29.3 Å². The number of carbonyl (C=O) groups is 2. The summed E-state index contributed by atoms with van der Waals surface area (Å²) in [4.78, 5) is 28.9. The van der Waals surface area contributed by atoms with Gasteiger partial charge in [-0.1, -0.05) is 6.92 Å². The normalized spacial score (nSPS) is 22.7. The van der Waals surface area contributed by atoms with Crippen LogP contribution in [0.4, 0.5) is 18.9 Å². The van der Waals surface area contributed by atoms with E-state index in [-0.39, 0.29) is 28.8 Å². The van der Waals surface area contributed by atoms with E-state index in [1.165, 1.54) is 6.07 Å². The van der Waals surface area contributed by atoms with Gasteiger partial charge in [0.1, 0.15) is 6.04 Å². The number of rotatable bonds is 4. The highest BCUT2D eigenvalue weighted by molar-refractivity contribution is 5.88. The molecule has 0 bridgehead atoms. The van der Waals surface area contributed by atoms with E-state index in [2.05, 4.69) is 5.32 Å². The van der Waals surface area contributed by atoms with Crippen LogP contribution in [0.1, 0.15) is 56.6 Å². The molecule has 32 heavy (non-hydrogen) atoms. The number of nitrogens with zero attached hydrogens (tertiary/aromatic N) is 3. The third kappa shape index (κ3) is 4.41. The summed E-state index contributed by atoms with van der Waals surface area (Å²) in [6.07, 6.45) is -0.334. The van der Waals surface area contributed by atoms with Crippen LogP contribution in [0.2, 0.25) is 0 Å². The van der Waals surface area contributed by atoms with Gasteiger partial charge in [0, 0.05) is 37.8 Å². The molecule has 1 spiro atoms. The van der Waals surface area contributed by atoms with Crippen molar-refractivity contribution in [2.45, 2.75) is 63.7 Å². The maximum Gasteiger partial charge on any atom is 0.417 e. The second-order valence-corrected chi connectivity index (χ2v) is 9.20. The van der Waals surface area contributed by atoms with E-state index in [1.54, 1.807) is 24.0 Å². The SMILES string of the molecule is CCC(=O)N1CC2(CCN(c3ccc(C#N)c(C(F)(F)F)c3)CC2)CC1C(=O)NC1CC1. The number of likely N-dealkylation sites (tertiary alicyclic amines) is 1. The molecule has 0 radical (unpaired) electrons. The fourth-order valence-electron chi connectivity index (χ4n) is 4.94. The standard InChI is InChI=1S/C23H27F3N4O2/c1-2-20(31)30-14-22(12-19(30)21(32)28-16-4-5-16)7-9-29(10-8-22)17-6-3-15(13-27)18(11-17)23(24,25)26/h3,6,11,16,19H,2,4-5,7-10,12,14H2,1H3,(H,28,32). The summed E-state index contributed by atoms with van der Waals surface area (Å²) in [5.74, 6) is -0.127. The molecular weight excluding hydrogens is 421 g/mol. The molecule has 3 aliphatic rings. The Morgan fingerprint density at radius 1 is 1.25 bits per heavy atom. The van der Waals surface area contributed by atoms with E-state index >= 15 is 0 Å². The first-order chi connectivity index (χ1) is 15.2. The second kappa shape index (κ2) is 8.30. The summed E-state index contributed by atoms with van der Waals surface area (Å²) in [5, 5.41) is 12.0. The first-order valence-corrected chi connectivity index (χ1v) is 11.1. The van der Waals surface area contributed by atoms with Crippen molar-refractivity contribution in [3.63, 3.8) is 0 Å². The van der Waals surface area contributed by atoms with Crippen LogP contribution in [0.5, 0.6) is 0 Å². The number of anilines is 1. The third-order valence-electron chi connectivity index (χ3n) is 6.98. The largest absolute Gasteiger partial charge is 0.417 e. The van der Waals surface area contributed by atoms with Gasteiger partial charge < -0.3 is 15.1 Å². The Balaban J connectivity index is 1.48. The van der Waals surface area contributed by atoms with Crippen LogP contribution in [-0.4, -0.2) is 48.4 Å². The van der Waals surface area contributed by atoms with Gasteiger partial charge in [0.15, 0.2) is 0 Å². The van der Waals surface area contributed by atoms with Crippen LogP contribution in [0.15, 0.2) is 18.2 Å². The van der Waals surface area contributed by atoms with Gasteiger partial charge >= 0.3 is 6.18 Å². The molecule has 0 aromatic heterocycles. The van der Waals surface area contributed by atoms with Crippen molar-refractivity contribution in [2.24, 2.45) is 5.41 Å². The number of nitriles is 1. The smallest absolute Gasteiger partial charge is 0.371 e. The Morgan fingerprint density at radius 3 is 2.50 bits per heavy atom. The van der Waals surface area contributed by atoms with Crippen molar-refractivity contribution < 1.29 is 22.8 Å². The molecule has 172 valence electrons. The highest BCUT2D eigenvalue weighted by Crippen LogP contribution is 2.45. The first kappa shape index (κ1) is 22.4. The molecule has 9 heteroatoms. The molecule has 2 aliphatic heterocycles. The molecule has 4 rings (SSSR count). The van der Waals surface area contributed by atoms with Crippen LogP contribution in [-0.2, 0) is 15.8 Å². The van der Waals surface area contributed by atoms with Gasteiger partial charge in [0.2, 0.25) is 11.8 Å². The molecule has 2 amide bonds. The summed E-state index contributed by atoms with van der Waals surface area (Å²) < 4.78 is 40.0. The molecule has 3 fully saturated rings. The van der Waals surface area contributed by atoms with Gasteiger partial charge in [-0.05, 0) is 55.7 Å². The number of hydrogen-bond donors (Lipinski definition) is 1. The van der Waals surface area contributed by atoms with E-state index in [4.69, 9.17) is 5.26 Å². The summed E-state index contributed by atoms with van der Waals surface area (Å²) >= 11 is 0. The van der Waals surface area contributed by atoms with Crippen LogP contribution in [0, 0.1) is 16.7 Å². The van der Waals surface area contributed by atoms with Crippen molar-refractivity contribution in [2.75, 3.05) is 24.5 Å². The molecule has 2 saturated heterocycles. The van der Waals surface area contributed by atoms with Gasteiger partial charge in [-0.2, -0.15) is 18.4 Å². The molecule has 1 unspecified atom stereocenters. The number of hydrogen-bond acceptors (Lipinski definition) is 4. The maximum absolute atomic E-state index is 13.3. The lowest BCUT2D eigenvalue weighted by Gasteiger charge is -2.40. The maximum atomic E-state index is 13.3. The lowest BCUT2D eigenvalue weighted by atomic mass is 9.76. The summed E-state index contributed by atoms with van der Waals surface area (Å²) in [6.45, 7) is 3.37. The zero-order valence-corrected chi connectivity index (χ0v) is 18.0.